The molecule has 7 heteroatoms. The topological polar surface area (TPSA) is 75.7 Å². The van der Waals surface area contributed by atoms with Gasteiger partial charge in [0.2, 0.25) is 0 Å². The van der Waals surface area contributed by atoms with Crippen molar-refractivity contribution in [1.29, 1.82) is 0 Å². The van der Waals surface area contributed by atoms with Crippen LogP contribution in [0.25, 0.3) is 6.08 Å². The minimum Gasteiger partial charge on any atom is -0.462 e. The minimum absolute atomic E-state index is 0.0394. The van der Waals surface area contributed by atoms with Crippen molar-refractivity contribution in [3.8, 4) is 0 Å². The lowest BCUT2D eigenvalue weighted by Gasteiger charge is -2.14. The lowest BCUT2D eigenvalue weighted by molar-refractivity contribution is -0.117. The predicted octanol–water partition coefficient (Wildman–Crippen LogP) is 3.09. The third kappa shape index (κ3) is 3.67. The molecule has 0 spiro atoms. The van der Waals surface area contributed by atoms with Gasteiger partial charge in [-0.3, -0.25) is 15.0 Å². The Bertz CT molecular complexity index is 906. The van der Waals surface area contributed by atoms with E-state index in [9.17, 15) is 14.4 Å². The fourth-order valence-electron chi connectivity index (χ4n) is 2.46. The molecule has 3 rings (SSSR count). The molecule has 1 aliphatic rings. The summed E-state index contributed by atoms with van der Waals surface area (Å²) in [5, 5.41) is 1.15. The standard InChI is InChI=1S/C19H15BrN2O4/c1-2-26-19(25)13-6-8-15(9-7-13)22-18(24)16(17(23)21-22)11-12-4-3-5-14(20)10-12/h3-11H,2H2,1H3,(H,21,23)/b16-11-. The van der Waals surface area contributed by atoms with Gasteiger partial charge in [-0.15, -0.1) is 0 Å². The van der Waals surface area contributed by atoms with E-state index in [0.29, 0.717) is 11.3 Å². The summed E-state index contributed by atoms with van der Waals surface area (Å²) >= 11 is 3.36. The largest absolute Gasteiger partial charge is 0.462 e. The van der Waals surface area contributed by atoms with Gasteiger partial charge in [0.05, 0.1) is 17.9 Å². The van der Waals surface area contributed by atoms with Crippen molar-refractivity contribution in [3.05, 3.63) is 69.7 Å². The number of halogens is 1. The van der Waals surface area contributed by atoms with Crippen LogP contribution in [0.2, 0.25) is 0 Å². The Hall–Kier alpha value is -2.93. The fourth-order valence-corrected chi connectivity index (χ4v) is 2.88. The van der Waals surface area contributed by atoms with Crippen molar-refractivity contribution in [1.82, 2.24) is 5.43 Å². The van der Waals surface area contributed by atoms with Crippen LogP contribution in [0.4, 0.5) is 5.69 Å². The summed E-state index contributed by atoms with van der Waals surface area (Å²) in [7, 11) is 0. The number of benzene rings is 2. The summed E-state index contributed by atoms with van der Waals surface area (Å²) in [6, 6.07) is 13.5. The van der Waals surface area contributed by atoms with Gasteiger partial charge in [-0.05, 0) is 55.0 Å². The van der Waals surface area contributed by atoms with Crippen molar-refractivity contribution in [2.75, 3.05) is 11.6 Å². The SMILES string of the molecule is CCOC(=O)c1ccc(N2NC(=O)/C(=C/c3cccc(Br)c3)C2=O)cc1. The van der Waals surface area contributed by atoms with Gasteiger partial charge in [-0.1, -0.05) is 28.1 Å². The lowest BCUT2D eigenvalue weighted by atomic mass is 10.1. The van der Waals surface area contributed by atoms with E-state index in [1.165, 1.54) is 6.08 Å². The van der Waals surface area contributed by atoms with Gasteiger partial charge < -0.3 is 4.74 Å². The number of hydrogen-bond donors (Lipinski definition) is 1. The van der Waals surface area contributed by atoms with E-state index in [2.05, 4.69) is 21.4 Å². The number of anilines is 1. The maximum atomic E-state index is 12.6. The molecule has 1 aliphatic heterocycles. The molecule has 6 nitrogen and oxygen atoms in total. The number of nitrogens with zero attached hydrogens (tertiary/aromatic N) is 1. The zero-order valence-corrected chi connectivity index (χ0v) is 15.4. The van der Waals surface area contributed by atoms with Crippen LogP contribution in [0.15, 0.2) is 58.6 Å². The van der Waals surface area contributed by atoms with Crippen molar-refractivity contribution in [2.45, 2.75) is 6.92 Å². The molecule has 0 aliphatic carbocycles. The summed E-state index contributed by atoms with van der Waals surface area (Å²) in [6.07, 6.45) is 1.54. The van der Waals surface area contributed by atoms with Crippen molar-refractivity contribution >= 4 is 45.5 Å². The molecule has 2 aromatic carbocycles. The first-order chi connectivity index (χ1) is 12.5. The number of carbonyl (C=O) groups excluding carboxylic acids is 3. The highest BCUT2D eigenvalue weighted by Gasteiger charge is 2.34. The smallest absolute Gasteiger partial charge is 0.338 e. The molecule has 1 fully saturated rings. The van der Waals surface area contributed by atoms with E-state index < -0.39 is 17.8 Å². The molecular formula is C19H15BrN2O4. The highest BCUT2D eigenvalue weighted by molar-refractivity contribution is 9.10. The van der Waals surface area contributed by atoms with Gasteiger partial charge in [0.1, 0.15) is 5.57 Å². The monoisotopic (exact) mass is 414 g/mol. The first-order valence-corrected chi connectivity index (χ1v) is 8.69. The number of amides is 2. The van der Waals surface area contributed by atoms with Crippen LogP contribution < -0.4 is 10.4 Å². The molecular weight excluding hydrogens is 400 g/mol. The Morgan fingerprint density at radius 2 is 1.92 bits per heavy atom. The first-order valence-electron chi connectivity index (χ1n) is 7.89. The molecule has 0 saturated carbocycles. The Labute approximate surface area is 158 Å². The Balaban J connectivity index is 1.84. The molecule has 0 atom stereocenters. The van der Waals surface area contributed by atoms with E-state index in [1.807, 2.05) is 18.2 Å². The van der Waals surface area contributed by atoms with Crippen molar-refractivity contribution in [3.63, 3.8) is 0 Å². The van der Waals surface area contributed by atoms with Crippen LogP contribution in [0.1, 0.15) is 22.8 Å². The van der Waals surface area contributed by atoms with Crippen molar-refractivity contribution in [2.24, 2.45) is 0 Å². The minimum atomic E-state index is -0.482. The molecule has 1 saturated heterocycles. The number of nitrogens with one attached hydrogen (secondary N) is 1. The van der Waals surface area contributed by atoms with Gasteiger partial charge in [-0.2, -0.15) is 0 Å². The Morgan fingerprint density at radius 1 is 1.19 bits per heavy atom. The molecule has 1 heterocycles. The van der Waals surface area contributed by atoms with Crippen LogP contribution in [0.3, 0.4) is 0 Å². The van der Waals surface area contributed by atoms with E-state index in [1.54, 1.807) is 37.3 Å². The summed E-state index contributed by atoms with van der Waals surface area (Å²) in [5.41, 5.74) is 4.13. The third-order valence-corrected chi connectivity index (χ3v) is 4.18. The van der Waals surface area contributed by atoms with Gasteiger partial charge in [0, 0.05) is 4.47 Å². The van der Waals surface area contributed by atoms with E-state index >= 15 is 0 Å². The summed E-state index contributed by atoms with van der Waals surface area (Å²) in [4.78, 5) is 36.5. The maximum Gasteiger partial charge on any atom is 0.338 e. The highest BCUT2D eigenvalue weighted by Crippen LogP contribution is 2.23. The number of ether oxygens (including phenoxy) is 1. The van der Waals surface area contributed by atoms with Crippen LogP contribution in [0, 0.1) is 0 Å². The lowest BCUT2D eigenvalue weighted by Crippen LogP contribution is -2.35. The molecule has 0 aromatic heterocycles. The fraction of sp³-hybridized carbons (Fsp3) is 0.105. The molecule has 0 unspecified atom stereocenters. The molecule has 1 N–H and O–H groups in total. The number of carbonyl (C=O) groups is 3. The van der Waals surface area contributed by atoms with Crippen LogP contribution >= 0.6 is 15.9 Å². The second-order valence-corrected chi connectivity index (χ2v) is 6.38. The molecule has 2 amide bonds. The normalized spacial score (nSPS) is 15.3. The number of esters is 1. The summed E-state index contributed by atoms with van der Waals surface area (Å²) in [6.45, 7) is 2.01. The first kappa shape index (κ1) is 17.9. The van der Waals surface area contributed by atoms with Crippen LogP contribution in [-0.4, -0.2) is 24.4 Å². The summed E-state index contributed by atoms with van der Waals surface area (Å²) in [5.74, 6) is -1.38. The predicted molar refractivity (Wildman–Crippen MR) is 100 cm³/mol. The van der Waals surface area contributed by atoms with Gasteiger partial charge in [0.25, 0.3) is 11.8 Å². The average Bonchev–Trinajstić information content (AvgIpc) is 2.90. The molecule has 132 valence electrons. The Kier molecular flexibility index (Phi) is 5.18. The van der Waals surface area contributed by atoms with E-state index in [-0.39, 0.29) is 12.2 Å². The number of rotatable bonds is 4. The average molecular weight is 415 g/mol. The number of hydrogen-bond acceptors (Lipinski definition) is 4. The van der Waals surface area contributed by atoms with Crippen molar-refractivity contribution < 1.29 is 19.1 Å². The van der Waals surface area contributed by atoms with Crippen LogP contribution in [-0.2, 0) is 14.3 Å². The van der Waals surface area contributed by atoms with E-state index in [4.69, 9.17) is 4.74 Å². The molecule has 0 radical (unpaired) electrons. The maximum absolute atomic E-state index is 12.6. The van der Waals surface area contributed by atoms with E-state index in [0.717, 1.165) is 15.0 Å². The Morgan fingerprint density at radius 3 is 2.58 bits per heavy atom. The molecule has 0 bridgehead atoms. The van der Waals surface area contributed by atoms with Crippen LogP contribution in [0.5, 0.6) is 0 Å². The molecule has 2 aromatic rings. The summed E-state index contributed by atoms with van der Waals surface area (Å²) < 4.78 is 5.77. The second-order valence-electron chi connectivity index (χ2n) is 5.46. The highest BCUT2D eigenvalue weighted by atomic mass is 79.9. The quantitative estimate of drug-likeness (QED) is 0.473. The second kappa shape index (κ2) is 7.53. The van der Waals surface area contributed by atoms with Gasteiger partial charge >= 0.3 is 5.97 Å². The zero-order valence-electron chi connectivity index (χ0n) is 13.9. The van der Waals surface area contributed by atoms with Gasteiger partial charge in [0.15, 0.2) is 0 Å². The third-order valence-electron chi connectivity index (χ3n) is 3.69. The molecule has 26 heavy (non-hydrogen) atoms. The number of hydrazine groups is 1. The van der Waals surface area contributed by atoms with Gasteiger partial charge in [-0.25, -0.2) is 9.80 Å². The zero-order chi connectivity index (χ0) is 18.7.